The van der Waals surface area contributed by atoms with Gasteiger partial charge in [-0.25, -0.2) is 0 Å². The van der Waals surface area contributed by atoms with Gasteiger partial charge >= 0.3 is 0 Å². The van der Waals surface area contributed by atoms with Crippen molar-refractivity contribution in [2.24, 2.45) is 0 Å². The number of nitrogens with one attached hydrogen (secondary N) is 3. The largest absolute Gasteiger partial charge is 0.496 e. The highest BCUT2D eigenvalue weighted by molar-refractivity contribution is 7.80. The third kappa shape index (κ3) is 5.82. The fourth-order valence-corrected chi connectivity index (χ4v) is 2.22. The van der Waals surface area contributed by atoms with Gasteiger partial charge in [-0.3, -0.25) is 25.8 Å². The van der Waals surface area contributed by atoms with E-state index in [-0.39, 0.29) is 5.11 Å². The standard InChI is InChI=1S/C19H19N3O4S/c1-3-12-26-14-10-8-13(9-11-14)17(23)21-22-19(27)20-18(24)15-6-4-5-7-16(15)25-2/h3-11H,1,12H2,2H3,(H,21,23)(H2,20,22,24,27). The Morgan fingerprint density at radius 1 is 1.07 bits per heavy atom. The van der Waals surface area contributed by atoms with Crippen LogP contribution in [0.4, 0.5) is 0 Å². The molecule has 8 heteroatoms. The van der Waals surface area contributed by atoms with Gasteiger partial charge in [-0.05, 0) is 48.6 Å². The minimum Gasteiger partial charge on any atom is -0.496 e. The molecule has 0 spiro atoms. The number of thiocarbonyl (C=S) groups is 1. The van der Waals surface area contributed by atoms with Crippen LogP contribution in [0.15, 0.2) is 61.2 Å². The molecule has 0 atom stereocenters. The number of amides is 2. The number of hydrazine groups is 1. The molecule has 0 bridgehead atoms. The Morgan fingerprint density at radius 2 is 1.78 bits per heavy atom. The first kappa shape index (κ1) is 19.9. The minimum absolute atomic E-state index is 0.0507. The van der Waals surface area contributed by atoms with Gasteiger partial charge < -0.3 is 9.47 Å². The van der Waals surface area contributed by atoms with E-state index in [1.807, 2.05) is 0 Å². The van der Waals surface area contributed by atoms with E-state index in [1.54, 1.807) is 54.6 Å². The number of para-hydroxylation sites is 1. The average Bonchev–Trinajstić information content (AvgIpc) is 2.70. The van der Waals surface area contributed by atoms with Crippen LogP contribution in [0.5, 0.6) is 11.5 Å². The van der Waals surface area contributed by atoms with E-state index in [0.29, 0.717) is 29.2 Å². The quantitative estimate of drug-likeness (QED) is 0.401. The summed E-state index contributed by atoms with van der Waals surface area (Å²) in [5.41, 5.74) is 5.62. The van der Waals surface area contributed by atoms with Crippen molar-refractivity contribution in [1.82, 2.24) is 16.2 Å². The van der Waals surface area contributed by atoms with Gasteiger partial charge in [-0.2, -0.15) is 0 Å². The van der Waals surface area contributed by atoms with E-state index < -0.39 is 11.8 Å². The maximum absolute atomic E-state index is 12.2. The van der Waals surface area contributed by atoms with Crippen LogP contribution in [0.3, 0.4) is 0 Å². The van der Waals surface area contributed by atoms with E-state index in [2.05, 4.69) is 22.7 Å². The Hall–Kier alpha value is -3.39. The third-order valence-corrected chi connectivity index (χ3v) is 3.56. The molecule has 0 unspecified atom stereocenters. The summed E-state index contributed by atoms with van der Waals surface area (Å²) in [7, 11) is 1.47. The van der Waals surface area contributed by atoms with E-state index in [0.717, 1.165) is 0 Å². The molecule has 0 aromatic heterocycles. The van der Waals surface area contributed by atoms with Crippen LogP contribution in [0.1, 0.15) is 20.7 Å². The van der Waals surface area contributed by atoms with Crippen LogP contribution in [-0.4, -0.2) is 30.6 Å². The topological polar surface area (TPSA) is 88.7 Å². The van der Waals surface area contributed by atoms with E-state index in [1.165, 1.54) is 7.11 Å². The number of ether oxygens (including phenoxy) is 2. The molecule has 27 heavy (non-hydrogen) atoms. The smallest absolute Gasteiger partial charge is 0.269 e. The molecule has 2 aromatic carbocycles. The number of carbonyl (C=O) groups excluding carboxylic acids is 2. The molecule has 0 aliphatic carbocycles. The molecular formula is C19H19N3O4S. The first-order valence-corrected chi connectivity index (χ1v) is 8.34. The van der Waals surface area contributed by atoms with Crippen LogP contribution in [-0.2, 0) is 0 Å². The fourth-order valence-electron chi connectivity index (χ4n) is 2.08. The summed E-state index contributed by atoms with van der Waals surface area (Å²) < 4.78 is 10.5. The zero-order valence-electron chi connectivity index (χ0n) is 14.7. The summed E-state index contributed by atoms with van der Waals surface area (Å²) in [5, 5.41) is 2.42. The Morgan fingerprint density at radius 3 is 2.44 bits per heavy atom. The first-order valence-electron chi connectivity index (χ1n) is 7.93. The SMILES string of the molecule is C=CCOc1ccc(C(=O)NNC(=S)NC(=O)c2ccccc2OC)cc1. The summed E-state index contributed by atoms with van der Waals surface area (Å²) in [5.74, 6) is 0.168. The summed E-state index contributed by atoms with van der Waals surface area (Å²) in [6.45, 7) is 3.95. The van der Waals surface area contributed by atoms with Crippen molar-refractivity contribution in [3.8, 4) is 11.5 Å². The van der Waals surface area contributed by atoms with Gasteiger partial charge in [0.25, 0.3) is 11.8 Å². The van der Waals surface area contributed by atoms with Gasteiger partial charge in [-0.1, -0.05) is 24.8 Å². The second-order valence-electron chi connectivity index (χ2n) is 5.19. The summed E-state index contributed by atoms with van der Waals surface area (Å²) in [6.07, 6.45) is 1.63. The Kier molecular flexibility index (Phi) is 7.33. The molecule has 2 rings (SSSR count). The molecule has 2 amide bonds. The first-order chi connectivity index (χ1) is 13.0. The number of rotatable bonds is 6. The lowest BCUT2D eigenvalue weighted by atomic mass is 10.2. The minimum atomic E-state index is -0.456. The van der Waals surface area contributed by atoms with Crippen LogP contribution in [0.25, 0.3) is 0 Å². The Labute approximate surface area is 162 Å². The molecule has 0 fully saturated rings. The maximum Gasteiger partial charge on any atom is 0.269 e. The third-order valence-electron chi connectivity index (χ3n) is 3.35. The highest BCUT2D eigenvalue weighted by atomic mass is 32.1. The van der Waals surface area contributed by atoms with Crippen molar-refractivity contribution in [2.75, 3.05) is 13.7 Å². The summed E-state index contributed by atoms with van der Waals surface area (Å²) in [4.78, 5) is 24.3. The molecule has 3 N–H and O–H groups in total. The monoisotopic (exact) mass is 385 g/mol. The normalized spacial score (nSPS) is 9.67. The lowest BCUT2D eigenvalue weighted by Gasteiger charge is -2.12. The van der Waals surface area contributed by atoms with Crippen molar-refractivity contribution in [3.05, 3.63) is 72.3 Å². The van der Waals surface area contributed by atoms with E-state index in [9.17, 15) is 9.59 Å². The summed E-state index contributed by atoms with van der Waals surface area (Å²) in [6, 6.07) is 13.3. The Bertz CT molecular complexity index is 837. The number of carbonyl (C=O) groups is 2. The van der Waals surface area contributed by atoms with Gasteiger partial charge in [0.2, 0.25) is 0 Å². The number of methoxy groups -OCH3 is 1. The number of hydrogen-bond donors (Lipinski definition) is 3. The summed E-state index contributed by atoms with van der Waals surface area (Å²) >= 11 is 5.02. The molecule has 0 saturated heterocycles. The fraction of sp³-hybridized carbons (Fsp3) is 0.105. The van der Waals surface area contributed by atoms with Crippen molar-refractivity contribution < 1.29 is 19.1 Å². The van der Waals surface area contributed by atoms with Crippen molar-refractivity contribution in [3.63, 3.8) is 0 Å². The lowest BCUT2D eigenvalue weighted by molar-refractivity contribution is 0.0934. The van der Waals surface area contributed by atoms with Crippen molar-refractivity contribution in [2.45, 2.75) is 0 Å². The zero-order chi connectivity index (χ0) is 19.6. The lowest BCUT2D eigenvalue weighted by Crippen LogP contribution is -2.48. The van der Waals surface area contributed by atoms with Gasteiger partial charge in [0.1, 0.15) is 18.1 Å². The molecule has 140 valence electrons. The molecule has 0 aliphatic rings. The molecule has 0 heterocycles. The van der Waals surface area contributed by atoms with Crippen LogP contribution < -0.4 is 25.6 Å². The van der Waals surface area contributed by atoms with Crippen LogP contribution >= 0.6 is 12.2 Å². The van der Waals surface area contributed by atoms with E-state index in [4.69, 9.17) is 21.7 Å². The highest BCUT2D eigenvalue weighted by Crippen LogP contribution is 2.16. The van der Waals surface area contributed by atoms with E-state index >= 15 is 0 Å². The molecule has 7 nitrogen and oxygen atoms in total. The molecule has 0 radical (unpaired) electrons. The predicted octanol–water partition coefficient (Wildman–Crippen LogP) is 2.21. The zero-order valence-corrected chi connectivity index (χ0v) is 15.5. The van der Waals surface area contributed by atoms with Crippen molar-refractivity contribution in [1.29, 1.82) is 0 Å². The molecular weight excluding hydrogens is 366 g/mol. The predicted molar refractivity (Wildman–Crippen MR) is 106 cm³/mol. The number of benzene rings is 2. The number of hydrogen-bond acceptors (Lipinski definition) is 5. The molecule has 0 saturated carbocycles. The highest BCUT2D eigenvalue weighted by Gasteiger charge is 2.13. The maximum atomic E-state index is 12.2. The molecule has 2 aromatic rings. The van der Waals surface area contributed by atoms with Gasteiger partial charge in [-0.15, -0.1) is 0 Å². The Balaban J connectivity index is 1.86. The van der Waals surface area contributed by atoms with Crippen molar-refractivity contribution >= 4 is 29.1 Å². The second-order valence-corrected chi connectivity index (χ2v) is 5.59. The van der Waals surface area contributed by atoms with Gasteiger partial charge in [0.05, 0.1) is 12.7 Å². The average molecular weight is 385 g/mol. The second kappa shape index (κ2) is 9.93. The van der Waals surface area contributed by atoms with Crippen LogP contribution in [0.2, 0.25) is 0 Å². The van der Waals surface area contributed by atoms with Gasteiger partial charge in [0, 0.05) is 5.56 Å². The van der Waals surface area contributed by atoms with Gasteiger partial charge in [0.15, 0.2) is 5.11 Å². The van der Waals surface area contributed by atoms with Crippen LogP contribution in [0, 0.1) is 0 Å². The molecule has 0 aliphatic heterocycles.